The molecule has 0 aliphatic heterocycles. The number of hydrogen-bond acceptors (Lipinski definition) is 4. The van der Waals surface area contributed by atoms with E-state index in [0.29, 0.717) is 17.4 Å². The second-order valence-electron chi connectivity index (χ2n) is 9.14. The number of carboxylic acids is 1. The summed E-state index contributed by atoms with van der Waals surface area (Å²) in [6.45, 7) is 2.71. The molecule has 0 radical (unpaired) electrons. The quantitative estimate of drug-likeness (QED) is 0.137. The number of carboxylic acid groups (broad SMARTS) is 1. The molecule has 0 aromatic heterocycles. The Kier molecular flexibility index (Phi) is 16.7. The van der Waals surface area contributed by atoms with Gasteiger partial charge in [0.2, 0.25) is 0 Å². The van der Waals surface area contributed by atoms with Crippen LogP contribution in [-0.4, -0.2) is 50.2 Å². The van der Waals surface area contributed by atoms with Gasteiger partial charge >= 0.3 is 5.97 Å². The van der Waals surface area contributed by atoms with Gasteiger partial charge in [0.1, 0.15) is 6.54 Å². The number of unbranched alkanes of at least 4 members (excludes halogenated alkanes) is 10. The predicted molar refractivity (Wildman–Crippen MR) is 117 cm³/mol. The summed E-state index contributed by atoms with van der Waals surface area (Å²) < 4.78 is 5.91. The van der Waals surface area contributed by atoms with Crippen molar-refractivity contribution >= 4 is 11.9 Å². The maximum Gasteiger partial charge on any atom is 0.306 e. The van der Waals surface area contributed by atoms with Crippen molar-refractivity contribution in [1.29, 1.82) is 0 Å². The van der Waals surface area contributed by atoms with E-state index < -0.39 is 12.1 Å². The lowest BCUT2D eigenvalue weighted by molar-refractivity contribution is -0.873. The summed E-state index contributed by atoms with van der Waals surface area (Å²) >= 11 is 0. The van der Waals surface area contributed by atoms with Crippen molar-refractivity contribution in [3.63, 3.8) is 0 Å². The van der Waals surface area contributed by atoms with Gasteiger partial charge in [0.15, 0.2) is 6.10 Å². The highest BCUT2D eigenvalue weighted by Crippen LogP contribution is 2.11. The molecular formula is C24H45NO4. The maximum absolute atomic E-state index is 12.0. The second-order valence-corrected chi connectivity index (χ2v) is 9.14. The van der Waals surface area contributed by atoms with Crippen LogP contribution in [0.15, 0.2) is 12.2 Å². The highest BCUT2D eigenvalue weighted by molar-refractivity contribution is 5.70. The molecule has 29 heavy (non-hydrogen) atoms. The van der Waals surface area contributed by atoms with Gasteiger partial charge in [0.25, 0.3) is 0 Å². The monoisotopic (exact) mass is 411 g/mol. The van der Waals surface area contributed by atoms with Crippen LogP contribution in [0.3, 0.4) is 0 Å². The number of nitrogens with zero attached hydrogens (tertiary/aromatic N) is 1. The first kappa shape index (κ1) is 27.6. The molecule has 1 atom stereocenters. The van der Waals surface area contributed by atoms with Gasteiger partial charge in [-0.05, 0) is 32.1 Å². The van der Waals surface area contributed by atoms with Crippen molar-refractivity contribution in [2.24, 2.45) is 0 Å². The Bertz CT molecular complexity index is 454. The van der Waals surface area contributed by atoms with Crippen LogP contribution in [0.2, 0.25) is 0 Å². The molecule has 0 heterocycles. The minimum atomic E-state index is -1.18. The SMILES string of the molecule is CCCCCCC/C=C/CCCCCCCC(=O)OC(CC(=O)[O-])C[N+](C)(C)C. The van der Waals surface area contributed by atoms with E-state index in [2.05, 4.69) is 19.1 Å². The zero-order chi connectivity index (χ0) is 22.0. The van der Waals surface area contributed by atoms with Crippen molar-refractivity contribution < 1.29 is 23.9 Å². The smallest absolute Gasteiger partial charge is 0.306 e. The van der Waals surface area contributed by atoms with Gasteiger partial charge < -0.3 is 19.1 Å². The largest absolute Gasteiger partial charge is 0.550 e. The first-order chi connectivity index (χ1) is 13.7. The normalized spacial score (nSPS) is 13.0. The van der Waals surface area contributed by atoms with Crippen molar-refractivity contribution in [3.05, 3.63) is 12.2 Å². The van der Waals surface area contributed by atoms with E-state index in [4.69, 9.17) is 4.74 Å². The highest BCUT2D eigenvalue weighted by atomic mass is 16.5. The first-order valence-electron chi connectivity index (χ1n) is 11.6. The number of carbonyl (C=O) groups excluding carboxylic acids is 2. The van der Waals surface area contributed by atoms with E-state index in [1.807, 2.05) is 21.1 Å². The topological polar surface area (TPSA) is 66.4 Å². The maximum atomic E-state index is 12.0. The van der Waals surface area contributed by atoms with E-state index >= 15 is 0 Å². The van der Waals surface area contributed by atoms with Crippen LogP contribution >= 0.6 is 0 Å². The average molecular weight is 412 g/mol. The summed E-state index contributed by atoms with van der Waals surface area (Å²) in [5, 5.41) is 10.9. The molecule has 0 aromatic carbocycles. The average Bonchev–Trinajstić information content (AvgIpc) is 2.60. The summed E-state index contributed by atoms with van der Waals surface area (Å²) in [5.41, 5.74) is 0. The first-order valence-corrected chi connectivity index (χ1v) is 11.6. The molecule has 0 N–H and O–H groups in total. The van der Waals surface area contributed by atoms with Crippen LogP contribution in [-0.2, 0) is 14.3 Å². The standard InChI is InChI=1S/C24H45NO4/c1-5-6-7-8-9-10-11-12-13-14-15-16-17-18-19-24(28)29-22(20-23(26)27)21-25(2,3)4/h11-12,22H,5-10,13-21H2,1-4H3/b12-11+. The highest BCUT2D eigenvalue weighted by Gasteiger charge is 2.22. The van der Waals surface area contributed by atoms with Crippen LogP contribution in [0.4, 0.5) is 0 Å². The minimum absolute atomic E-state index is 0.243. The minimum Gasteiger partial charge on any atom is -0.550 e. The lowest BCUT2D eigenvalue weighted by Gasteiger charge is -2.29. The van der Waals surface area contributed by atoms with Crippen molar-refractivity contribution in [2.75, 3.05) is 27.7 Å². The van der Waals surface area contributed by atoms with Gasteiger partial charge in [0.05, 0.1) is 21.1 Å². The molecular weight excluding hydrogens is 366 g/mol. The molecule has 0 aromatic rings. The molecule has 5 heteroatoms. The van der Waals surface area contributed by atoms with Crippen molar-refractivity contribution in [3.8, 4) is 0 Å². The lowest BCUT2D eigenvalue weighted by Crippen LogP contribution is -2.45. The van der Waals surface area contributed by atoms with E-state index in [0.717, 1.165) is 25.7 Å². The Morgan fingerprint density at radius 2 is 1.38 bits per heavy atom. The predicted octanol–water partition coefficient (Wildman–Crippen LogP) is 4.39. The molecule has 1 unspecified atom stereocenters. The molecule has 0 aliphatic rings. The molecule has 5 nitrogen and oxygen atoms in total. The van der Waals surface area contributed by atoms with Crippen LogP contribution in [0.5, 0.6) is 0 Å². The summed E-state index contributed by atoms with van der Waals surface area (Å²) in [4.78, 5) is 22.8. The summed E-state index contributed by atoms with van der Waals surface area (Å²) in [6.07, 6.45) is 18.5. The Morgan fingerprint density at radius 3 is 1.90 bits per heavy atom. The van der Waals surface area contributed by atoms with Gasteiger partial charge in [-0.3, -0.25) is 4.79 Å². The van der Waals surface area contributed by atoms with Gasteiger partial charge in [-0.25, -0.2) is 0 Å². The van der Waals surface area contributed by atoms with Crippen LogP contribution in [0.25, 0.3) is 0 Å². The number of esters is 1. The van der Waals surface area contributed by atoms with Crippen LogP contribution in [0, 0.1) is 0 Å². The van der Waals surface area contributed by atoms with E-state index in [1.54, 1.807) is 0 Å². The number of allylic oxidation sites excluding steroid dienone is 2. The summed E-state index contributed by atoms with van der Waals surface area (Å²) in [6, 6.07) is 0. The molecule has 0 rings (SSSR count). The molecule has 0 spiro atoms. The van der Waals surface area contributed by atoms with Gasteiger partial charge in [0, 0.05) is 18.8 Å². The van der Waals surface area contributed by atoms with Crippen molar-refractivity contribution in [1.82, 2.24) is 0 Å². The van der Waals surface area contributed by atoms with Crippen molar-refractivity contribution in [2.45, 2.75) is 103 Å². The van der Waals surface area contributed by atoms with Gasteiger partial charge in [-0.1, -0.05) is 64.0 Å². The number of aliphatic carboxylic acids is 1. The number of quaternary nitrogens is 1. The third-order valence-electron chi connectivity index (χ3n) is 4.84. The fourth-order valence-corrected chi connectivity index (χ4v) is 3.35. The third kappa shape index (κ3) is 21.2. The summed E-state index contributed by atoms with van der Waals surface area (Å²) in [5.74, 6) is -1.48. The van der Waals surface area contributed by atoms with Crippen LogP contribution < -0.4 is 5.11 Å². The van der Waals surface area contributed by atoms with Gasteiger partial charge in [-0.2, -0.15) is 0 Å². The fraction of sp³-hybridized carbons (Fsp3) is 0.833. The van der Waals surface area contributed by atoms with Crippen LogP contribution in [0.1, 0.15) is 96.8 Å². The fourth-order valence-electron chi connectivity index (χ4n) is 3.35. The van der Waals surface area contributed by atoms with E-state index in [9.17, 15) is 14.7 Å². The number of hydrogen-bond donors (Lipinski definition) is 0. The Labute approximate surface area is 179 Å². The Balaban J connectivity index is 3.68. The second kappa shape index (κ2) is 17.5. The lowest BCUT2D eigenvalue weighted by atomic mass is 10.1. The molecule has 0 saturated carbocycles. The Morgan fingerprint density at radius 1 is 0.862 bits per heavy atom. The molecule has 170 valence electrons. The molecule has 0 saturated heterocycles. The molecule has 0 fully saturated rings. The molecule has 0 bridgehead atoms. The zero-order valence-electron chi connectivity index (χ0n) is 19.4. The number of ether oxygens (including phenoxy) is 1. The number of rotatable bonds is 19. The number of likely N-dealkylation sites (N-methyl/N-ethyl adjacent to an activating group) is 1. The molecule has 0 amide bonds. The van der Waals surface area contributed by atoms with E-state index in [1.165, 1.54) is 51.4 Å². The zero-order valence-corrected chi connectivity index (χ0v) is 19.4. The third-order valence-corrected chi connectivity index (χ3v) is 4.84. The Hall–Kier alpha value is -1.36. The number of carbonyl (C=O) groups is 2. The van der Waals surface area contributed by atoms with E-state index in [-0.39, 0.29) is 12.4 Å². The summed E-state index contributed by atoms with van der Waals surface area (Å²) in [7, 11) is 5.83. The van der Waals surface area contributed by atoms with Gasteiger partial charge in [-0.15, -0.1) is 0 Å². The molecule has 0 aliphatic carbocycles.